The van der Waals surface area contributed by atoms with Gasteiger partial charge in [0, 0.05) is 9.02 Å². The Labute approximate surface area is 146 Å². The Morgan fingerprint density at radius 3 is 1.04 bits per heavy atom. The van der Waals surface area contributed by atoms with Gasteiger partial charge >= 0.3 is 0 Å². The summed E-state index contributed by atoms with van der Waals surface area (Å²) in [4.78, 5) is 0. The highest BCUT2D eigenvalue weighted by Gasteiger charge is 2.27. The van der Waals surface area contributed by atoms with Gasteiger partial charge in [-0.15, -0.1) is 0 Å². The van der Waals surface area contributed by atoms with Gasteiger partial charge in [0.15, 0.2) is 0 Å². The van der Waals surface area contributed by atoms with Crippen LogP contribution in [0.15, 0.2) is 24.3 Å². The highest BCUT2D eigenvalue weighted by atomic mass is 32.2. The van der Waals surface area contributed by atoms with Crippen LogP contribution < -0.4 is 0 Å². The van der Waals surface area contributed by atoms with Crippen LogP contribution in [0.1, 0.15) is 22.3 Å². The van der Waals surface area contributed by atoms with E-state index in [9.17, 15) is 0 Å². The van der Waals surface area contributed by atoms with E-state index in [1.165, 1.54) is 48.7 Å². The summed E-state index contributed by atoms with van der Waals surface area (Å²) < 4.78 is 3.62. The SMILES string of the molecule is c1cc2c3c4c5c(ccc6c5c5c3c1CCS=5CC6)CCS=4CC2. The molecule has 0 amide bonds. The Morgan fingerprint density at radius 2 is 0.750 bits per heavy atom. The third-order valence-corrected chi connectivity index (χ3v) is 11.5. The number of hydrogen-bond acceptors (Lipinski definition) is 0. The topological polar surface area (TPSA) is 0 Å². The van der Waals surface area contributed by atoms with Crippen LogP contribution in [0.3, 0.4) is 0 Å². The van der Waals surface area contributed by atoms with E-state index in [4.69, 9.17) is 0 Å². The molecule has 4 aliphatic heterocycles. The highest BCUT2D eigenvalue weighted by molar-refractivity contribution is 8.10. The predicted octanol–water partition coefficient (Wildman–Crippen LogP) is 5.26. The van der Waals surface area contributed by atoms with Crippen LogP contribution in [0.5, 0.6) is 0 Å². The monoisotopic (exact) mass is 348 g/mol. The smallest absolute Gasteiger partial charge is 0.0143 e. The Kier molecular flexibility index (Phi) is 2.38. The maximum atomic E-state index is 2.48. The van der Waals surface area contributed by atoms with Crippen LogP contribution >= 0.6 is 21.0 Å². The molecule has 0 saturated heterocycles. The normalized spacial score (nSPS) is 21.3. The predicted molar refractivity (Wildman–Crippen MR) is 109 cm³/mol. The average Bonchev–Trinajstić information content (AvgIpc) is 2.65. The summed E-state index contributed by atoms with van der Waals surface area (Å²) in [7, 11) is 1.03. The second-order valence-electron chi connectivity index (χ2n) is 7.73. The Morgan fingerprint density at radius 1 is 0.458 bits per heavy atom. The van der Waals surface area contributed by atoms with Gasteiger partial charge in [-0.05, 0) is 92.5 Å². The molecule has 0 spiro atoms. The summed E-state index contributed by atoms with van der Waals surface area (Å²) in [5.41, 5.74) is 6.67. The lowest BCUT2D eigenvalue weighted by Gasteiger charge is -2.31. The average molecular weight is 349 g/mol. The minimum Gasteiger partial charge on any atom is -0.177 e. The van der Waals surface area contributed by atoms with E-state index < -0.39 is 0 Å². The Bertz CT molecular complexity index is 1060. The van der Waals surface area contributed by atoms with Crippen molar-refractivity contribution in [2.75, 3.05) is 23.0 Å². The maximum absolute atomic E-state index is 2.48. The largest absolute Gasteiger partial charge is 0.177 e. The summed E-state index contributed by atoms with van der Waals surface area (Å²) in [6, 6.07) is 9.94. The van der Waals surface area contributed by atoms with Gasteiger partial charge in [0.2, 0.25) is 0 Å². The number of hydrogen-bond donors (Lipinski definition) is 0. The van der Waals surface area contributed by atoms with Gasteiger partial charge < -0.3 is 0 Å². The summed E-state index contributed by atoms with van der Waals surface area (Å²) in [5, 5.41) is 6.95. The van der Waals surface area contributed by atoms with Crippen LogP contribution in [0.4, 0.5) is 0 Å². The fourth-order valence-electron chi connectivity index (χ4n) is 5.62. The van der Waals surface area contributed by atoms with E-state index in [0.717, 1.165) is 0 Å². The van der Waals surface area contributed by atoms with E-state index in [2.05, 4.69) is 24.3 Å². The summed E-state index contributed by atoms with van der Waals surface area (Å²) >= 11 is 0. The Balaban J connectivity index is 2.00. The van der Waals surface area contributed by atoms with Gasteiger partial charge in [0.25, 0.3) is 0 Å². The molecule has 2 heteroatoms. The molecule has 0 unspecified atom stereocenters. The van der Waals surface area contributed by atoms with Crippen molar-refractivity contribution in [3.8, 4) is 0 Å². The molecule has 0 nitrogen and oxygen atoms in total. The zero-order chi connectivity index (χ0) is 15.4. The first-order valence-corrected chi connectivity index (χ1v) is 12.4. The molecule has 0 fully saturated rings. The van der Waals surface area contributed by atoms with Crippen molar-refractivity contribution >= 4 is 42.5 Å². The van der Waals surface area contributed by atoms with E-state index in [-0.39, 0.29) is 0 Å². The minimum absolute atomic E-state index is 0.515. The molecule has 0 bridgehead atoms. The molecule has 4 aliphatic rings. The molecule has 3 aromatic rings. The van der Waals surface area contributed by atoms with Crippen LogP contribution in [0, 0.1) is 9.02 Å². The molecule has 3 aromatic carbocycles. The van der Waals surface area contributed by atoms with E-state index in [0.29, 0.717) is 21.0 Å². The third-order valence-electron chi connectivity index (χ3n) is 6.71. The van der Waals surface area contributed by atoms with E-state index >= 15 is 0 Å². The Hall–Kier alpha value is -1.12. The van der Waals surface area contributed by atoms with Crippen LogP contribution in [-0.4, -0.2) is 23.0 Å². The summed E-state index contributed by atoms with van der Waals surface area (Å²) in [6.07, 6.45) is 5.28. The van der Waals surface area contributed by atoms with Crippen molar-refractivity contribution in [2.45, 2.75) is 25.7 Å². The molecule has 120 valence electrons. The lowest BCUT2D eigenvalue weighted by atomic mass is 9.89. The second kappa shape index (κ2) is 4.34. The molecular weight excluding hydrogens is 328 g/mol. The van der Waals surface area contributed by atoms with Crippen molar-refractivity contribution in [3.05, 3.63) is 55.5 Å². The zero-order valence-corrected chi connectivity index (χ0v) is 15.4. The maximum Gasteiger partial charge on any atom is 0.0143 e. The summed E-state index contributed by atoms with van der Waals surface area (Å²) in [5.74, 6) is 5.63. The van der Waals surface area contributed by atoms with Crippen molar-refractivity contribution in [2.24, 2.45) is 0 Å². The third kappa shape index (κ3) is 1.40. The molecule has 0 atom stereocenters. The van der Waals surface area contributed by atoms with Crippen molar-refractivity contribution < 1.29 is 0 Å². The fourth-order valence-corrected chi connectivity index (χ4v) is 10.8. The summed E-state index contributed by atoms with van der Waals surface area (Å²) in [6.45, 7) is 0. The molecule has 24 heavy (non-hydrogen) atoms. The van der Waals surface area contributed by atoms with Gasteiger partial charge in [0.1, 0.15) is 0 Å². The number of aryl methyl sites for hydroxylation is 4. The zero-order valence-electron chi connectivity index (χ0n) is 13.8. The van der Waals surface area contributed by atoms with Crippen molar-refractivity contribution in [1.29, 1.82) is 0 Å². The molecule has 0 saturated carbocycles. The lowest BCUT2D eigenvalue weighted by Crippen LogP contribution is -2.14. The minimum atomic E-state index is 0.515. The van der Waals surface area contributed by atoms with Crippen molar-refractivity contribution in [1.82, 2.24) is 0 Å². The fraction of sp³-hybridized carbons (Fsp3) is 0.364. The van der Waals surface area contributed by atoms with Gasteiger partial charge in [0.05, 0.1) is 0 Å². The molecule has 7 rings (SSSR count). The second-order valence-corrected chi connectivity index (χ2v) is 12.1. The molecule has 0 aromatic heterocycles. The number of benzene rings is 3. The van der Waals surface area contributed by atoms with Gasteiger partial charge in [-0.2, -0.15) is 21.0 Å². The van der Waals surface area contributed by atoms with Crippen LogP contribution in [-0.2, 0) is 25.7 Å². The number of rotatable bonds is 0. The molecule has 0 N–H and O–H groups in total. The van der Waals surface area contributed by atoms with Gasteiger partial charge in [-0.3, -0.25) is 0 Å². The lowest BCUT2D eigenvalue weighted by molar-refractivity contribution is 1.08. The first kappa shape index (κ1) is 13.1. The van der Waals surface area contributed by atoms with E-state index in [1.54, 1.807) is 43.8 Å². The first-order chi connectivity index (χ1) is 11.9. The van der Waals surface area contributed by atoms with Gasteiger partial charge in [-0.1, -0.05) is 24.3 Å². The molecule has 0 radical (unpaired) electrons. The molecule has 0 aliphatic carbocycles. The van der Waals surface area contributed by atoms with E-state index in [1.807, 2.05) is 9.02 Å². The molecule has 4 heterocycles. The van der Waals surface area contributed by atoms with Crippen molar-refractivity contribution in [3.63, 3.8) is 0 Å². The first-order valence-electron chi connectivity index (χ1n) is 9.30. The van der Waals surface area contributed by atoms with Gasteiger partial charge in [-0.25, -0.2) is 0 Å². The molecular formula is C22H20S2. The van der Waals surface area contributed by atoms with Crippen LogP contribution in [0.25, 0.3) is 21.5 Å². The van der Waals surface area contributed by atoms with Crippen LogP contribution in [0.2, 0.25) is 0 Å². The quantitative estimate of drug-likeness (QED) is 0.384. The standard InChI is InChI=1S/C22H20S2/c1-2-14-6-10-24-12-8-16-4-3-15-7-11-23-9-5-13(1)17-18(14)22(24)20(16)19(15)21(17)23/h1-4H,5-12H2. The highest BCUT2D eigenvalue weighted by Crippen LogP contribution is 2.49.